The number of carbonyl (C=O) groups is 3. The van der Waals surface area contributed by atoms with Crippen LogP contribution in [0.25, 0.3) is 11.3 Å². The third-order valence-corrected chi connectivity index (χ3v) is 6.06. The molecule has 0 unspecified atom stereocenters. The molecule has 2 aromatic carbocycles. The van der Waals surface area contributed by atoms with Crippen LogP contribution in [0.2, 0.25) is 0 Å². The Hall–Kier alpha value is -4.34. The number of anilines is 1. The number of nitrogens with one attached hydrogen (secondary N) is 2. The number of nitrogens with zero attached hydrogens (tertiary/aromatic N) is 2. The Morgan fingerprint density at radius 1 is 0.971 bits per heavy atom. The van der Waals surface area contributed by atoms with Crippen molar-refractivity contribution in [3.05, 3.63) is 60.3 Å². The molecular formula is C25H24N4O6. The monoisotopic (exact) mass is 476 g/mol. The normalized spacial score (nSPS) is 15.0. The fourth-order valence-corrected chi connectivity index (χ4v) is 4.09. The number of benzene rings is 2. The highest BCUT2D eigenvalue weighted by molar-refractivity contribution is 5.96. The van der Waals surface area contributed by atoms with Gasteiger partial charge in [-0.25, -0.2) is 0 Å². The summed E-state index contributed by atoms with van der Waals surface area (Å²) in [6.07, 6.45) is 1.08. The van der Waals surface area contributed by atoms with E-state index in [2.05, 4.69) is 15.8 Å². The Kier molecular flexibility index (Phi) is 6.34. The first-order valence-electron chi connectivity index (χ1n) is 11.4. The van der Waals surface area contributed by atoms with E-state index in [9.17, 15) is 14.4 Å². The molecule has 2 aliphatic heterocycles. The van der Waals surface area contributed by atoms with Gasteiger partial charge in [0.25, 0.3) is 5.91 Å². The van der Waals surface area contributed by atoms with Gasteiger partial charge in [0.05, 0.1) is 6.54 Å². The Balaban J connectivity index is 1.07. The van der Waals surface area contributed by atoms with Crippen molar-refractivity contribution >= 4 is 23.4 Å². The number of hydrogen-bond acceptors (Lipinski definition) is 7. The van der Waals surface area contributed by atoms with Crippen molar-refractivity contribution < 1.29 is 28.4 Å². The molecule has 5 rings (SSSR count). The van der Waals surface area contributed by atoms with E-state index in [0.29, 0.717) is 48.9 Å². The highest BCUT2D eigenvalue weighted by Crippen LogP contribution is 2.34. The van der Waals surface area contributed by atoms with Gasteiger partial charge in [0.2, 0.25) is 18.6 Å². The van der Waals surface area contributed by atoms with E-state index >= 15 is 0 Å². The summed E-state index contributed by atoms with van der Waals surface area (Å²) in [6.45, 7) is 0.902. The second-order valence-corrected chi connectivity index (χ2v) is 8.34. The first kappa shape index (κ1) is 22.5. The van der Waals surface area contributed by atoms with Gasteiger partial charge in [-0.1, -0.05) is 35.5 Å². The molecule has 10 heteroatoms. The number of amides is 3. The molecule has 1 saturated heterocycles. The lowest BCUT2D eigenvalue weighted by Gasteiger charge is -2.31. The van der Waals surface area contributed by atoms with E-state index in [4.69, 9.17) is 14.0 Å². The fraction of sp³-hybridized carbons (Fsp3) is 0.280. The first-order valence-corrected chi connectivity index (χ1v) is 11.4. The molecule has 10 nitrogen and oxygen atoms in total. The van der Waals surface area contributed by atoms with Crippen molar-refractivity contribution in [2.45, 2.75) is 12.8 Å². The number of piperidine rings is 1. The molecular weight excluding hydrogens is 452 g/mol. The van der Waals surface area contributed by atoms with Crippen LogP contribution in [0, 0.1) is 5.92 Å². The third-order valence-electron chi connectivity index (χ3n) is 6.06. The largest absolute Gasteiger partial charge is 0.454 e. The topological polar surface area (TPSA) is 123 Å². The molecule has 0 radical (unpaired) electrons. The molecule has 35 heavy (non-hydrogen) atoms. The van der Waals surface area contributed by atoms with Crippen molar-refractivity contribution in [1.82, 2.24) is 15.4 Å². The van der Waals surface area contributed by atoms with Crippen LogP contribution >= 0.6 is 0 Å². The molecule has 3 aromatic rings. The molecule has 180 valence electrons. The van der Waals surface area contributed by atoms with Gasteiger partial charge in [-0.3, -0.25) is 14.4 Å². The predicted octanol–water partition coefficient (Wildman–Crippen LogP) is 2.68. The smallest absolute Gasteiger partial charge is 0.273 e. The highest BCUT2D eigenvalue weighted by Gasteiger charge is 2.28. The zero-order valence-corrected chi connectivity index (χ0v) is 18.9. The van der Waals surface area contributed by atoms with Crippen LogP contribution in [0.1, 0.15) is 23.3 Å². The molecule has 1 aromatic heterocycles. The van der Waals surface area contributed by atoms with Crippen LogP contribution in [0.4, 0.5) is 5.69 Å². The number of ether oxygens (including phenoxy) is 2. The zero-order chi connectivity index (χ0) is 24.2. The van der Waals surface area contributed by atoms with E-state index in [0.717, 1.165) is 5.56 Å². The molecule has 0 bridgehead atoms. The average molecular weight is 476 g/mol. The van der Waals surface area contributed by atoms with Gasteiger partial charge in [-0.05, 0) is 25.0 Å². The van der Waals surface area contributed by atoms with Gasteiger partial charge in [-0.15, -0.1) is 0 Å². The van der Waals surface area contributed by atoms with Crippen molar-refractivity contribution in [2.75, 3.05) is 31.7 Å². The lowest BCUT2D eigenvalue weighted by atomic mass is 9.95. The first-order chi connectivity index (χ1) is 17.1. The van der Waals surface area contributed by atoms with E-state index in [1.165, 1.54) is 0 Å². The summed E-state index contributed by atoms with van der Waals surface area (Å²) >= 11 is 0. The molecule has 2 N–H and O–H groups in total. The minimum atomic E-state index is -0.484. The maximum absolute atomic E-state index is 12.7. The van der Waals surface area contributed by atoms with Crippen molar-refractivity contribution in [1.29, 1.82) is 0 Å². The number of aromatic nitrogens is 1. The summed E-state index contributed by atoms with van der Waals surface area (Å²) in [7, 11) is 0. The summed E-state index contributed by atoms with van der Waals surface area (Å²) in [5.74, 6) is 0.745. The van der Waals surface area contributed by atoms with Gasteiger partial charge < -0.3 is 29.5 Å². The molecule has 0 saturated carbocycles. The second-order valence-electron chi connectivity index (χ2n) is 8.34. The number of fused-ring (bicyclic) bond motifs is 1. The van der Waals surface area contributed by atoms with Crippen molar-refractivity contribution in [3.63, 3.8) is 0 Å². The summed E-state index contributed by atoms with van der Waals surface area (Å²) in [6, 6.07) is 16.1. The van der Waals surface area contributed by atoms with Crippen LogP contribution in [-0.4, -0.2) is 54.2 Å². The van der Waals surface area contributed by atoms with Crippen LogP contribution in [0.5, 0.6) is 11.5 Å². The van der Waals surface area contributed by atoms with E-state index in [1.807, 2.05) is 30.3 Å². The van der Waals surface area contributed by atoms with Crippen LogP contribution in [0.15, 0.2) is 59.1 Å². The summed E-state index contributed by atoms with van der Waals surface area (Å²) < 4.78 is 15.9. The Morgan fingerprint density at radius 3 is 2.54 bits per heavy atom. The SMILES string of the molecule is O=C(NCC(=O)N1CCC(C(=O)Nc2ccc3c(c2)OCO3)CC1)c1cc(-c2ccccc2)on1. The van der Waals surface area contributed by atoms with E-state index < -0.39 is 5.91 Å². The number of rotatable bonds is 6. The maximum atomic E-state index is 12.7. The molecule has 2 aliphatic rings. The van der Waals surface area contributed by atoms with Crippen molar-refractivity contribution in [3.8, 4) is 22.8 Å². The number of likely N-dealkylation sites (tertiary alicyclic amines) is 1. The predicted molar refractivity (Wildman–Crippen MR) is 125 cm³/mol. The standard InChI is InChI=1S/C25H24N4O6/c30-23(14-26-25(32)19-13-21(35-28-19)16-4-2-1-3-5-16)29-10-8-17(9-11-29)24(31)27-18-6-7-20-22(12-18)34-15-33-20/h1-7,12-13,17H,8-11,14-15H2,(H,26,32)(H,27,31). The van der Waals surface area contributed by atoms with Gasteiger partial charge in [-0.2, -0.15) is 0 Å². The lowest BCUT2D eigenvalue weighted by Crippen LogP contribution is -2.45. The van der Waals surface area contributed by atoms with Crippen LogP contribution in [0.3, 0.4) is 0 Å². The average Bonchev–Trinajstić information content (AvgIpc) is 3.57. The van der Waals surface area contributed by atoms with E-state index in [1.54, 1.807) is 29.2 Å². The molecule has 0 atom stereocenters. The Labute approximate surface area is 201 Å². The fourth-order valence-electron chi connectivity index (χ4n) is 4.09. The van der Waals surface area contributed by atoms with E-state index in [-0.39, 0.29) is 36.8 Å². The second kappa shape index (κ2) is 9.88. The molecule has 0 spiro atoms. The Bertz CT molecular complexity index is 1230. The number of hydrogen-bond donors (Lipinski definition) is 2. The van der Waals surface area contributed by atoms with Gasteiger partial charge in [0.15, 0.2) is 23.0 Å². The summed E-state index contributed by atoms with van der Waals surface area (Å²) in [5, 5.41) is 9.30. The lowest BCUT2D eigenvalue weighted by molar-refractivity contribution is -0.133. The zero-order valence-electron chi connectivity index (χ0n) is 18.9. The molecule has 0 aliphatic carbocycles. The molecule has 3 heterocycles. The summed E-state index contributed by atoms with van der Waals surface area (Å²) in [5.41, 5.74) is 1.56. The summed E-state index contributed by atoms with van der Waals surface area (Å²) in [4.78, 5) is 39.3. The van der Waals surface area contributed by atoms with Gasteiger partial charge >= 0.3 is 0 Å². The van der Waals surface area contributed by atoms with Gasteiger partial charge in [0, 0.05) is 42.4 Å². The minimum Gasteiger partial charge on any atom is -0.454 e. The third kappa shape index (κ3) is 5.11. The molecule has 1 fully saturated rings. The highest BCUT2D eigenvalue weighted by atomic mass is 16.7. The quantitative estimate of drug-likeness (QED) is 0.561. The Morgan fingerprint density at radius 2 is 1.74 bits per heavy atom. The van der Waals surface area contributed by atoms with Gasteiger partial charge in [0.1, 0.15) is 0 Å². The molecule has 3 amide bonds. The number of carbonyl (C=O) groups excluding carboxylic acids is 3. The minimum absolute atomic E-state index is 0.0930. The van der Waals surface area contributed by atoms with Crippen molar-refractivity contribution in [2.24, 2.45) is 5.92 Å². The maximum Gasteiger partial charge on any atom is 0.273 e. The van der Waals surface area contributed by atoms with Crippen LogP contribution < -0.4 is 20.1 Å². The van der Waals surface area contributed by atoms with Crippen LogP contribution in [-0.2, 0) is 9.59 Å².